The van der Waals surface area contributed by atoms with Crippen molar-refractivity contribution in [3.8, 4) is 0 Å². The molecule has 0 aliphatic heterocycles. The van der Waals surface area contributed by atoms with Crippen LogP contribution < -0.4 is 5.73 Å². The highest BCUT2D eigenvalue weighted by molar-refractivity contribution is 5.78. The largest absolute Gasteiger partial charge is 0.464 e. The molecule has 1 saturated carbocycles. The molecule has 1 heterocycles. The third-order valence-electron chi connectivity index (χ3n) is 3.54. The molecule has 1 aliphatic carbocycles. The van der Waals surface area contributed by atoms with Gasteiger partial charge in [0.25, 0.3) is 0 Å². The van der Waals surface area contributed by atoms with Crippen molar-refractivity contribution in [2.45, 2.75) is 24.7 Å². The minimum atomic E-state index is 0.389. The van der Waals surface area contributed by atoms with Crippen LogP contribution in [-0.2, 0) is 5.41 Å². The second-order valence-electron chi connectivity index (χ2n) is 4.49. The maximum absolute atomic E-state index is 5.67. The highest BCUT2D eigenvalue weighted by Gasteiger charge is 2.43. The lowest BCUT2D eigenvalue weighted by Gasteiger charge is -2.14. The Hall–Kier alpha value is -1.28. The molecule has 1 aliphatic rings. The quantitative estimate of drug-likeness (QED) is 0.829. The maximum Gasteiger partial charge on any atom is 0.133 e. The minimum absolute atomic E-state index is 0.389. The highest BCUT2D eigenvalue weighted by Crippen LogP contribution is 2.51. The van der Waals surface area contributed by atoms with E-state index in [2.05, 4.69) is 18.2 Å². The average molecular weight is 201 g/mol. The normalized spacial score (nSPS) is 18.2. The van der Waals surface area contributed by atoms with Gasteiger partial charge in [0.1, 0.15) is 5.58 Å². The zero-order chi connectivity index (χ0) is 10.3. The van der Waals surface area contributed by atoms with Crippen LogP contribution in [0.1, 0.15) is 24.8 Å². The van der Waals surface area contributed by atoms with Gasteiger partial charge in [0.15, 0.2) is 0 Å². The summed E-state index contributed by atoms with van der Waals surface area (Å²) in [5.41, 5.74) is 8.46. The minimum Gasteiger partial charge on any atom is -0.464 e. The molecule has 3 rings (SSSR count). The lowest BCUT2D eigenvalue weighted by Crippen LogP contribution is -2.13. The number of hydrogen-bond donors (Lipinski definition) is 1. The fourth-order valence-electron chi connectivity index (χ4n) is 2.41. The van der Waals surface area contributed by atoms with E-state index in [1.807, 2.05) is 6.07 Å². The van der Waals surface area contributed by atoms with Crippen LogP contribution in [0, 0.1) is 0 Å². The summed E-state index contributed by atoms with van der Waals surface area (Å²) in [7, 11) is 0. The summed E-state index contributed by atoms with van der Waals surface area (Å²) in [6.45, 7) is 0.781. The number of rotatable bonds is 3. The van der Waals surface area contributed by atoms with Crippen LogP contribution in [0.4, 0.5) is 0 Å². The van der Waals surface area contributed by atoms with E-state index in [1.165, 1.54) is 23.8 Å². The smallest absolute Gasteiger partial charge is 0.133 e. The summed E-state index contributed by atoms with van der Waals surface area (Å²) in [5, 5.41) is 1.20. The second-order valence-corrected chi connectivity index (χ2v) is 4.49. The summed E-state index contributed by atoms with van der Waals surface area (Å²) in [6, 6.07) is 8.54. The van der Waals surface area contributed by atoms with Crippen LogP contribution in [0.5, 0.6) is 0 Å². The van der Waals surface area contributed by atoms with Crippen molar-refractivity contribution >= 4 is 11.0 Å². The summed E-state index contributed by atoms with van der Waals surface area (Å²) >= 11 is 0. The van der Waals surface area contributed by atoms with Crippen LogP contribution in [-0.4, -0.2) is 6.54 Å². The Bertz CT molecular complexity index is 482. The van der Waals surface area contributed by atoms with E-state index in [0.29, 0.717) is 5.41 Å². The monoisotopic (exact) mass is 201 g/mol. The van der Waals surface area contributed by atoms with Gasteiger partial charge in [0, 0.05) is 5.39 Å². The van der Waals surface area contributed by atoms with Gasteiger partial charge in [-0.15, -0.1) is 0 Å². The molecule has 15 heavy (non-hydrogen) atoms. The Kier molecular flexibility index (Phi) is 1.86. The predicted molar refractivity (Wildman–Crippen MR) is 60.8 cm³/mol. The van der Waals surface area contributed by atoms with Crippen molar-refractivity contribution in [1.29, 1.82) is 0 Å². The Morgan fingerprint density at radius 2 is 2.13 bits per heavy atom. The fraction of sp³-hybridized carbons (Fsp3) is 0.385. The molecule has 0 atom stereocenters. The van der Waals surface area contributed by atoms with Crippen molar-refractivity contribution < 1.29 is 4.42 Å². The summed E-state index contributed by atoms with van der Waals surface area (Å²) in [5.74, 6) is 0. The molecule has 0 spiro atoms. The Morgan fingerprint density at radius 1 is 1.27 bits per heavy atom. The molecular formula is C13H15NO. The van der Waals surface area contributed by atoms with E-state index in [4.69, 9.17) is 10.2 Å². The third kappa shape index (κ3) is 1.37. The van der Waals surface area contributed by atoms with Crippen LogP contribution in [0.25, 0.3) is 11.0 Å². The van der Waals surface area contributed by atoms with E-state index in [1.54, 1.807) is 6.26 Å². The highest BCUT2D eigenvalue weighted by atomic mass is 16.3. The molecule has 2 nitrogen and oxygen atoms in total. The predicted octanol–water partition coefficient (Wildman–Crippen LogP) is 2.81. The molecule has 1 fully saturated rings. The van der Waals surface area contributed by atoms with E-state index >= 15 is 0 Å². The third-order valence-corrected chi connectivity index (χ3v) is 3.54. The zero-order valence-corrected chi connectivity index (χ0v) is 8.70. The van der Waals surface area contributed by atoms with Crippen LogP contribution >= 0.6 is 0 Å². The van der Waals surface area contributed by atoms with Gasteiger partial charge in [-0.05, 0) is 55.0 Å². The number of furan rings is 1. The van der Waals surface area contributed by atoms with Gasteiger partial charge in [-0.25, -0.2) is 0 Å². The molecule has 1 aromatic carbocycles. The van der Waals surface area contributed by atoms with Gasteiger partial charge in [0.05, 0.1) is 6.26 Å². The van der Waals surface area contributed by atoms with Crippen LogP contribution in [0.15, 0.2) is 34.9 Å². The van der Waals surface area contributed by atoms with E-state index in [-0.39, 0.29) is 0 Å². The van der Waals surface area contributed by atoms with Gasteiger partial charge >= 0.3 is 0 Å². The lowest BCUT2D eigenvalue weighted by molar-refractivity contribution is 0.613. The van der Waals surface area contributed by atoms with Gasteiger partial charge < -0.3 is 10.2 Å². The van der Waals surface area contributed by atoms with Gasteiger partial charge in [-0.2, -0.15) is 0 Å². The summed E-state index contributed by atoms with van der Waals surface area (Å²) in [4.78, 5) is 0. The van der Waals surface area contributed by atoms with Crippen molar-refractivity contribution in [3.63, 3.8) is 0 Å². The van der Waals surface area contributed by atoms with Gasteiger partial charge in [-0.3, -0.25) is 0 Å². The SMILES string of the molecule is NCCC1(c2ccc3occc3c2)CC1. The molecule has 0 saturated heterocycles. The molecule has 0 radical (unpaired) electrons. The number of hydrogen-bond acceptors (Lipinski definition) is 2. The number of fused-ring (bicyclic) bond motifs is 1. The summed E-state index contributed by atoms with van der Waals surface area (Å²) in [6.07, 6.45) is 5.43. The average Bonchev–Trinajstić information content (AvgIpc) is 2.89. The first-order chi connectivity index (χ1) is 7.34. The van der Waals surface area contributed by atoms with Crippen molar-refractivity contribution in [2.24, 2.45) is 5.73 Å². The molecule has 78 valence electrons. The van der Waals surface area contributed by atoms with Crippen molar-refractivity contribution in [2.75, 3.05) is 6.54 Å². The molecule has 0 bridgehead atoms. The molecule has 2 N–H and O–H groups in total. The number of benzene rings is 1. The van der Waals surface area contributed by atoms with E-state index in [9.17, 15) is 0 Å². The van der Waals surface area contributed by atoms with Crippen LogP contribution in [0.3, 0.4) is 0 Å². The van der Waals surface area contributed by atoms with E-state index in [0.717, 1.165) is 18.5 Å². The van der Waals surface area contributed by atoms with E-state index < -0.39 is 0 Å². The molecular weight excluding hydrogens is 186 g/mol. The maximum atomic E-state index is 5.67. The van der Waals surface area contributed by atoms with Gasteiger partial charge in [-0.1, -0.05) is 6.07 Å². The van der Waals surface area contributed by atoms with Crippen molar-refractivity contribution in [3.05, 3.63) is 36.1 Å². The Morgan fingerprint density at radius 3 is 2.87 bits per heavy atom. The topological polar surface area (TPSA) is 39.2 Å². The molecule has 0 amide bonds. The lowest BCUT2D eigenvalue weighted by atomic mass is 9.92. The van der Waals surface area contributed by atoms with Crippen LogP contribution in [0.2, 0.25) is 0 Å². The van der Waals surface area contributed by atoms with Gasteiger partial charge in [0.2, 0.25) is 0 Å². The first-order valence-electron chi connectivity index (χ1n) is 5.52. The first kappa shape index (κ1) is 8.98. The fourth-order valence-corrected chi connectivity index (χ4v) is 2.41. The van der Waals surface area contributed by atoms with Crippen molar-refractivity contribution in [1.82, 2.24) is 0 Å². The second kappa shape index (κ2) is 3.11. The molecule has 1 aromatic heterocycles. The summed E-state index contributed by atoms with van der Waals surface area (Å²) < 4.78 is 5.34. The Balaban J connectivity index is 2.04. The molecule has 0 unspecified atom stereocenters. The first-order valence-corrected chi connectivity index (χ1v) is 5.52. The standard InChI is InChI=1S/C13H15NO/c14-7-6-13(4-5-13)11-1-2-12-10(9-11)3-8-15-12/h1-3,8-9H,4-7,14H2. The molecule has 2 aromatic rings. The Labute approximate surface area is 89.1 Å². The zero-order valence-electron chi connectivity index (χ0n) is 8.70. The molecule has 2 heteroatoms. The number of nitrogens with two attached hydrogens (primary N) is 1.